The normalized spacial score (nSPS) is 42.2. The molecule has 0 unspecified atom stereocenters. The van der Waals surface area contributed by atoms with E-state index >= 15 is 0 Å². The Bertz CT molecular complexity index is 642. The highest BCUT2D eigenvalue weighted by atomic mass is 28.4. The molecule has 29 heavy (non-hydrogen) atoms. The molecule has 6 heteroatoms. The highest BCUT2D eigenvalue weighted by Gasteiger charge is 2.70. The van der Waals surface area contributed by atoms with Crippen molar-refractivity contribution in [2.75, 3.05) is 6.61 Å². The van der Waals surface area contributed by atoms with Gasteiger partial charge in [-0.05, 0) is 61.6 Å². The molecule has 2 saturated heterocycles. The number of rotatable bonds is 5. The lowest BCUT2D eigenvalue weighted by Gasteiger charge is -2.51. The molecule has 3 rings (SSSR count). The second-order valence-electron chi connectivity index (χ2n) is 11.8. The zero-order chi connectivity index (χ0) is 22.0. The van der Waals surface area contributed by atoms with E-state index in [0.717, 1.165) is 12.8 Å². The molecule has 0 aromatic rings. The predicted octanol–water partition coefficient (Wildman–Crippen LogP) is 4.53. The molecule has 168 valence electrons. The van der Waals surface area contributed by atoms with Crippen LogP contribution in [0, 0.1) is 23.7 Å². The summed E-state index contributed by atoms with van der Waals surface area (Å²) < 4.78 is 18.8. The topological polar surface area (TPSA) is 65.0 Å². The van der Waals surface area contributed by atoms with Crippen LogP contribution in [0.2, 0.25) is 18.1 Å². The molecule has 3 aliphatic rings. The van der Waals surface area contributed by atoms with Gasteiger partial charge < -0.3 is 19.0 Å². The van der Waals surface area contributed by atoms with Gasteiger partial charge in [0.15, 0.2) is 8.32 Å². The molecule has 7 atom stereocenters. The molecular weight excluding hydrogens is 384 g/mol. The van der Waals surface area contributed by atoms with Crippen LogP contribution < -0.4 is 0 Å². The van der Waals surface area contributed by atoms with Gasteiger partial charge in [-0.25, -0.2) is 4.79 Å². The Labute approximate surface area is 178 Å². The molecule has 0 aromatic heterocycles. The van der Waals surface area contributed by atoms with Crippen LogP contribution in [0.15, 0.2) is 0 Å². The first-order valence-corrected chi connectivity index (χ1v) is 14.3. The number of carbonyl (C=O) groups excluding carboxylic acids is 1. The van der Waals surface area contributed by atoms with Crippen LogP contribution in [0.5, 0.6) is 0 Å². The molecule has 2 heterocycles. The Morgan fingerprint density at radius 3 is 2.45 bits per heavy atom. The summed E-state index contributed by atoms with van der Waals surface area (Å²) in [4.78, 5) is 12.8. The van der Waals surface area contributed by atoms with Gasteiger partial charge in [0.05, 0.1) is 6.10 Å². The standard InChI is InChI=1S/C23H42O5Si/c1-14(2)23-12-17(27-18(24)13-26-29(8,9)21(4,5)6)22(7,28-23)16-11-10-15(3)19(16)20(23)25/h14-17,19-20,25H,10-13H2,1-9H3/t15-,16-,17-,19-,20+,22+,23-/m1/s1. The minimum Gasteiger partial charge on any atom is -0.458 e. The number of aliphatic hydroxyl groups excluding tert-OH is 1. The smallest absolute Gasteiger partial charge is 0.331 e. The maximum Gasteiger partial charge on any atom is 0.331 e. The molecule has 0 aromatic carbocycles. The summed E-state index contributed by atoms with van der Waals surface area (Å²) in [5, 5.41) is 11.4. The van der Waals surface area contributed by atoms with E-state index in [1.807, 2.05) is 0 Å². The second-order valence-corrected chi connectivity index (χ2v) is 16.6. The first-order chi connectivity index (χ1) is 13.2. The minimum atomic E-state index is -2.01. The van der Waals surface area contributed by atoms with Gasteiger partial charge in [0, 0.05) is 6.42 Å². The van der Waals surface area contributed by atoms with Crippen molar-refractivity contribution < 1.29 is 23.8 Å². The van der Waals surface area contributed by atoms with E-state index in [1.54, 1.807) is 0 Å². The van der Waals surface area contributed by atoms with Gasteiger partial charge in [0.25, 0.3) is 0 Å². The molecule has 3 fully saturated rings. The van der Waals surface area contributed by atoms with Crippen LogP contribution in [0.3, 0.4) is 0 Å². The number of hydrogen-bond acceptors (Lipinski definition) is 5. The number of fused-ring (bicyclic) bond motifs is 4. The number of esters is 1. The monoisotopic (exact) mass is 426 g/mol. The van der Waals surface area contributed by atoms with Crippen molar-refractivity contribution in [1.29, 1.82) is 0 Å². The van der Waals surface area contributed by atoms with E-state index in [2.05, 4.69) is 61.6 Å². The third-order valence-electron chi connectivity index (χ3n) is 8.82. The minimum absolute atomic E-state index is 0.00912. The fourth-order valence-corrected chi connectivity index (χ4v) is 6.67. The summed E-state index contributed by atoms with van der Waals surface area (Å²) in [6.07, 6.45) is 1.82. The highest BCUT2D eigenvalue weighted by molar-refractivity contribution is 6.74. The second kappa shape index (κ2) is 7.32. The fourth-order valence-electron chi connectivity index (χ4n) is 5.76. The largest absolute Gasteiger partial charge is 0.458 e. The van der Waals surface area contributed by atoms with E-state index in [4.69, 9.17) is 13.9 Å². The summed E-state index contributed by atoms with van der Waals surface area (Å²) in [7, 11) is -2.01. The Kier molecular flexibility index (Phi) is 5.86. The van der Waals surface area contributed by atoms with Gasteiger partial charge in [-0.2, -0.15) is 0 Å². The van der Waals surface area contributed by atoms with Crippen molar-refractivity contribution in [1.82, 2.24) is 0 Å². The quantitative estimate of drug-likeness (QED) is 0.517. The van der Waals surface area contributed by atoms with Crippen LogP contribution in [-0.4, -0.2) is 49.4 Å². The summed E-state index contributed by atoms with van der Waals surface area (Å²) >= 11 is 0. The van der Waals surface area contributed by atoms with E-state index in [-0.39, 0.29) is 41.5 Å². The van der Waals surface area contributed by atoms with Gasteiger partial charge in [-0.1, -0.05) is 41.5 Å². The predicted molar refractivity (Wildman–Crippen MR) is 116 cm³/mol. The van der Waals surface area contributed by atoms with E-state index in [1.165, 1.54) is 0 Å². The average Bonchev–Trinajstić information content (AvgIpc) is 3.10. The molecule has 1 saturated carbocycles. The van der Waals surface area contributed by atoms with Crippen molar-refractivity contribution in [2.24, 2.45) is 23.7 Å². The maximum absolute atomic E-state index is 12.8. The first-order valence-electron chi connectivity index (χ1n) is 11.4. The summed E-state index contributed by atoms with van der Waals surface area (Å²) in [5.41, 5.74) is -1.18. The molecule has 5 nitrogen and oxygen atoms in total. The molecule has 2 aliphatic heterocycles. The number of ether oxygens (including phenoxy) is 2. The molecule has 1 aliphatic carbocycles. The number of aliphatic hydroxyl groups is 1. The van der Waals surface area contributed by atoms with Gasteiger partial charge in [0.2, 0.25) is 0 Å². The number of hydrogen-bond donors (Lipinski definition) is 1. The van der Waals surface area contributed by atoms with Gasteiger partial charge in [0.1, 0.15) is 23.9 Å². The fraction of sp³-hybridized carbons (Fsp3) is 0.957. The van der Waals surface area contributed by atoms with Gasteiger partial charge >= 0.3 is 5.97 Å². The lowest BCUT2D eigenvalue weighted by atomic mass is 9.69. The van der Waals surface area contributed by atoms with Gasteiger partial charge in [-0.15, -0.1) is 0 Å². The molecule has 0 amide bonds. The molecule has 0 spiro atoms. The Balaban J connectivity index is 1.78. The van der Waals surface area contributed by atoms with Crippen molar-refractivity contribution in [2.45, 2.75) is 109 Å². The summed E-state index contributed by atoms with van der Waals surface area (Å²) in [6.45, 7) is 19.3. The van der Waals surface area contributed by atoms with E-state index < -0.39 is 25.6 Å². The third-order valence-corrected chi connectivity index (χ3v) is 13.3. The molecule has 1 N–H and O–H groups in total. The number of carbonyl (C=O) groups is 1. The lowest BCUT2D eigenvalue weighted by Crippen LogP contribution is -2.61. The van der Waals surface area contributed by atoms with E-state index in [9.17, 15) is 9.90 Å². The summed E-state index contributed by atoms with van der Waals surface area (Å²) in [6, 6.07) is 0. The third kappa shape index (κ3) is 3.62. The van der Waals surface area contributed by atoms with Crippen LogP contribution in [0.1, 0.15) is 67.7 Å². The maximum atomic E-state index is 12.8. The molecular formula is C23H42O5Si. The van der Waals surface area contributed by atoms with Crippen LogP contribution in [-0.2, 0) is 18.7 Å². The Morgan fingerprint density at radius 2 is 1.90 bits per heavy atom. The Morgan fingerprint density at radius 1 is 1.28 bits per heavy atom. The first kappa shape index (κ1) is 23.2. The van der Waals surface area contributed by atoms with Crippen LogP contribution in [0.4, 0.5) is 0 Å². The highest BCUT2D eigenvalue weighted by Crippen LogP contribution is 2.62. The van der Waals surface area contributed by atoms with Crippen molar-refractivity contribution in [3.63, 3.8) is 0 Å². The lowest BCUT2D eigenvalue weighted by molar-refractivity contribution is -0.259. The van der Waals surface area contributed by atoms with Crippen molar-refractivity contribution >= 4 is 14.3 Å². The molecule has 2 bridgehead atoms. The van der Waals surface area contributed by atoms with Gasteiger partial charge in [-0.3, -0.25) is 0 Å². The van der Waals surface area contributed by atoms with Crippen molar-refractivity contribution in [3.05, 3.63) is 0 Å². The van der Waals surface area contributed by atoms with Crippen LogP contribution >= 0.6 is 0 Å². The Hall–Kier alpha value is -0.433. The summed E-state index contributed by atoms with van der Waals surface area (Å²) in [5.74, 6) is 0.739. The molecule has 0 radical (unpaired) electrons. The average molecular weight is 427 g/mol. The van der Waals surface area contributed by atoms with Crippen LogP contribution in [0.25, 0.3) is 0 Å². The van der Waals surface area contributed by atoms with Crippen molar-refractivity contribution in [3.8, 4) is 0 Å². The zero-order valence-corrected chi connectivity index (χ0v) is 20.9. The zero-order valence-electron chi connectivity index (χ0n) is 19.9. The van der Waals surface area contributed by atoms with E-state index in [0.29, 0.717) is 12.3 Å². The SMILES string of the molecule is CC(C)[C@@]12C[C@@H](OC(=O)CO[Si](C)(C)C(C)(C)C)[C@@](C)(O1)[C@@H]1CC[C@@H](C)[C@H]1[C@@H]2O.